The minimum atomic E-state index is -0.463. The number of nitrogens with one attached hydrogen (secondary N) is 1. The molecule has 2 aromatic rings. The molecule has 0 amide bonds. The molecule has 70 valence electrons. The molecule has 14 heavy (non-hydrogen) atoms. The number of benzene rings is 1. The molecule has 2 nitrogen and oxygen atoms in total. The first-order valence-electron chi connectivity index (χ1n) is 4.21. The van der Waals surface area contributed by atoms with Crippen LogP contribution in [0.25, 0.3) is 17.0 Å². The second-order valence-corrected chi connectivity index (χ2v) is 3.30. The predicted molar refractivity (Wildman–Crippen MR) is 58.2 cm³/mol. The van der Waals surface area contributed by atoms with Gasteiger partial charge in [0.2, 0.25) is 5.24 Å². The molecule has 2 rings (SSSR count). The number of aromatic amines is 1. The molecule has 3 heteroatoms. The maximum absolute atomic E-state index is 10.5. The number of carbonyl (C=O) groups is 1. The molecule has 0 radical (unpaired) electrons. The zero-order chi connectivity index (χ0) is 9.97. The Morgan fingerprint density at radius 1 is 1.36 bits per heavy atom. The smallest absolute Gasteiger partial charge is 0.245 e. The minimum Gasteiger partial charge on any atom is -0.361 e. The maximum Gasteiger partial charge on any atom is 0.245 e. The van der Waals surface area contributed by atoms with Gasteiger partial charge in [0.15, 0.2) is 0 Å². The first kappa shape index (κ1) is 9.03. The lowest BCUT2D eigenvalue weighted by Crippen LogP contribution is -1.74. The van der Waals surface area contributed by atoms with Gasteiger partial charge in [0.1, 0.15) is 0 Å². The van der Waals surface area contributed by atoms with Gasteiger partial charge in [-0.3, -0.25) is 4.79 Å². The second kappa shape index (κ2) is 3.68. The zero-order valence-electron chi connectivity index (χ0n) is 7.33. The molecule has 0 unspecified atom stereocenters. The summed E-state index contributed by atoms with van der Waals surface area (Å²) in [5.41, 5.74) is 2.02. The number of halogens is 1. The summed E-state index contributed by atoms with van der Waals surface area (Å²) >= 11 is 5.21. The van der Waals surface area contributed by atoms with Crippen molar-refractivity contribution >= 4 is 33.8 Å². The summed E-state index contributed by atoms with van der Waals surface area (Å²) in [7, 11) is 0. The predicted octanol–water partition coefficient (Wildman–Crippen LogP) is 2.95. The molecule has 1 aromatic heterocycles. The molecule has 1 heterocycles. The lowest BCUT2D eigenvalue weighted by atomic mass is 10.2. The minimum absolute atomic E-state index is 0.463. The standard InChI is InChI=1S/C11H8ClNO/c12-11(14)6-5-8-7-13-10-4-2-1-3-9(8)10/h1-7,13H. The third-order valence-corrected chi connectivity index (χ3v) is 2.14. The summed E-state index contributed by atoms with van der Waals surface area (Å²) in [5, 5.41) is 0.622. The molecule has 0 aliphatic carbocycles. The van der Waals surface area contributed by atoms with E-state index in [2.05, 4.69) is 4.98 Å². The van der Waals surface area contributed by atoms with Crippen LogP contribution in [0.3, 0.4) is 0 Å². The molecule has 0 atom stereocenters. The highest BCUT2D eigenvalue weighted by Crippen LogP contribution is 2.18. The number of para-hydroxylation sites is 1. The van der Waals surface area contributed by atoms with E-state index in [-0.39, 0.29) is 0 Å². The van der Waals surface area contributed by atoms with E-state index >= 15 is 0 Å². The second-order valence-electron chi connectivity index (χ2n) is 2.93. The maximum atomic E-state index is 10.5. The summed E-state index contributed by atoms with van der Waals surface area (Å²) in [6, 6.07) is 7.88. The first-order valence-corrected chi connectivity index (χ1v) is 4.59. The molecule has 0 spiro atoms. The van der Waals surface area contributed by atoms with E-state index in [4.69, 9.17) is 11.6 Å². The van der Waals surface area contributed by atoms with E-state index in [1.165, 1.54) is 6.08 Å². The Labute approximate surface area is 86.2 Å². The Kier molecular flexibility index (Phi) is 2.37. The van der Waals surface area contributed by atoms with E-state index < -0.39 is 5.24 Å². The molecule has 0 saturated heterocycles. The molecule has 0 aliphatic heterocycles. The summed E-state index contributed by atoms with van der Waals surface area (Å²) in [6.45, 7) is 0. The van der Waals surface area contributed by atoms with Crippen LogP contribution in [-0.2, 0) is 4.79 Å². The van der Waals surface area contributed by atoms with Gasteiger partial charge in [-0.1, -0.05) is 18.2 Å². The van der Waals surface area contributed by atoms with Crippen molar-refractivity contribution in [1.82, 2.24) is 4.98 Å². The third kappa shape index (κ3) is 1.70. The number of hydrogen-bond donors (Lipinski definition) is 1. The van der Waals surface area contributed by atoms with Crippen molar-refractivity contribution in [1.29, 1.82) is 0 Å². The zero-order valence-corrected chi connectivity index (χ0v) is 8.08. The van der Waals surface area contributed by atoms with Crippen LogP contribution < -0.4 is 0 Å². The fourth-order valence-corrected chi connectivity index (χ4v) is 1.45. The van der Waals surface area contributed by atoms with Crippen LogP contribution in [0.15, 0.2) is 36.5 Å². The quantitative estimate of drug-likeness (QED) is 0.594. The molecule has 0 aliphatic rings. The molecular weight excluding hydrogens is 198 g/mol. The summed E-state index contributed by atoms with van der Waals surface area (Å²) < 4.78 is 0. The van der Waals surface area contributed by atoms with Crippen molar-refractivity contribution in [3.63, 3.8) is 0 Å². The van der Waals surface area contributed by atoms with Gasteiger partial charge in [0.25, 0.3) is 0 Å². The van der Waals surface area contributed by atoms with E-state index in [1.807, 2.05) is 30.5 Å². The Morgan fingerprint density at radius 2 is 2.14 bits per heavy atom. The number of carbonyl (C=O) groups excluding carboxylic acids is 1. The summed E-state index contributed by atoms with van der Waals surface area (Å²) in [4.78, 5) is 13.6. The summed E-state index contributed by atoms with van der Waals surface area (Å²) in [5.74, 6) is 0. The number of H-pyrrole nitrogens is 1. The molecule has 0 fully saturated rings. The average molecular weight is 206 g/mol. The van der Waals surface area contributed by atoms with Crippen molar-refractivity contribution in [2.24, 2.45) is 0 Å². The number of aromatic nitrogens is 1. The monoisotopic (exact) mass is 205 g/mol. The highest BCUT2D eigenvalue weighted by molar-refractivity contribution is 6.66. The number of rotatable bonds is 2. The topological polar surface area (TPSA) is 32.9 Å². The Morgan fingerprint density at radius 3 is 2.93 bits per heavy atom. The number of allylic oxidation sites excluding steroid dienone is 1. The van der Waals surface area contributed by atoms with Gasteiger partial charge in [0, 0.05) is 17.1 Å². The van der Waals surface area contributed by atoms with Crippen molar-refractivity contribution in [2.45, 2.75) is 0 Å². The molecule has 1 aromatic carbocycles. The summed E-state index contributed by atoms with van der Waals surface area (Å²) in [6.07, 6.45) is 4.90. The van der Waals surface area contributed by atoms with Gasteiger partial charge < -0.3 is 4.98 Å². The number of fused-ring (bicyclic) bond motifs is 1. The van der Waals surface area contributed by atoms with Crippen molar-refractivity contribution in [3.8, 4) is 0 Å². The van der Waals surface area contributed by atoms with Gasteiger partial charge in [0.05, 0.1) is 0 Å². The lowest BCUT2D eigenvalue weighted by molar-refractivity contribution is -0.107. The molecular formula is C11H8ClNO. The fraction of sp³-hybridized carbons (Fsp3) is 0. The third-order valence-electron chi connectivity index (χ3n) is 2.02. The number of hydrogen-bond acceptors (Lipinski definition) is 1. The average Bonchev–Trinajstić information content (AvgIpc) is 2.58. The fourth-order valence-electron chi connectivity index (χ4n) is 1.39. The Bertz CT molecular complexity index is 499. The lowest BCUT2D eigenvalue weighted by Gasteiger charge is -1.89. The van der Waals surface area contributed by atoms with E-state index in [9.17, 15) is 4.79 Å². The largest absolute Gasteiger partial charge is 0.361 e. The van der Waals surface area contributed by atoms with Gasteiger partial charge in [-0.25, -0.2) is 0 Å². The van der Waals surface area contributed by atoms with Crippen LogP contribution in [0.4, 0.5) is 0 Å². The SMILES string of the molecule is O=C(Cl)C=Cc1c[nH]c2ccccc12. The van der Waals surface area contributed by atoms with Crippen LogP contribution in [0.1, 0.15) is 5.56 Å². The highest BCUT2D eigenvalue weighted by atomic mass is 35.5. The van der Waals surface area contributed by atoms with E-state index in [0.29, 0.717) is 0 Å². The van der Waals surface area contributed by atoms with Crippen LogP contribution in [0, 0.1) is 0 Å². The van der Waals surface area contributed by atoms with Gasteiger partial charge in [-0.15, -0.1) is 0 Å². The van der Waals surface area contributed by atoms with Crippen LogP contribution >= 0.6 is 11.6 Å². The van der Waals surface area contributed by atoms with Crippen LogP contribution in [0.5, 0.6) is 0 Å². The Balaban J connectivity index is 2.48. The molecule has 0 saturated carbocycles. The normalized spacial score (nSPS) is 11.2. The van der Waals surface area contributed by atoms with Gasteiger partial charge >= 0.3 is 0 Å². The van der Waals surface area contributed by atoms with Crippen molar-refractivity contribution in [2.75, 3.05) is 0 Å². The van der Waals surface area contributed by atoms with Crippen LogP contribution in [0.2, 0.25) is 0 Å². The van der Waals surface area contributed by atoms with Crippen molar-refractivity contribution < 1.29 is 4.79 Å². The van der Waals surface area contributed by atoms with E-state index in [0.717, 1.165) is 16.5 Å². The molecule has 0 bridgehead atoms. The van der Waals surface area contributed by atoms with Gasteiger partial charge in [-0.2, -0.15) is 0 Å². The first-order chi connectivity index (χ1) is 6.77. The molecule has 1 N–H and O–H groups in total. The Hall–Kier alpha value is -1.54. The van der Waals surface area contributed by atoms with Gasteiger partial charge in [-0.05, 0) is 35.4 Å². The van der Waals surface area contributed by atoms with Crippen molar-refractivity contribution in [3.05, 3.63) is 42.1 Å². The van der Waals surface area contributed by atoms with E-state index in [1.54, 1.807) is 6.08 Å². The highest BCUT2D eigenvalue weighted by Gasteiger charge is 1.98. The van der Waals surface area contributed by atoms with Crippen LogP contribution in [-0.4, -0.2) is 10.2 Å².